The van der Waals surface area contributed by atoms with Crippen molar-refractivity contribution in [3.63, 3.8) is 0 Å². The third kappa shape index (κ3) is 2.29. The highest BCUT2D eigenvalue weighted by atomic mass is 16.5. The van der Waals surface area contributed by atoms with Crippen LogP contribution in [0.3, 0.4) is 0 Å². The molecule has 0 aliphatic carbocycles. The van der Waals surface area contributed by atoms with E-state index in [2.05, 4.69) is 19.9 Å². The van der Waals surface area contributed by atoms with Gasteiger partial charge in [0.2, 0.25) is 17.8 Å². The van der Waals surface area contributed by atoms with Gasteiger partial charge in [0.05, 0.1) is 18.9 Å². The lowest BCUT2D eigenvalue weighted by atomic mass is 10.4. The zero-order chi connectivity index (χ0) is 14.1. The number of hydrogen-bond acceptors (Lipinski definition) is 7. The summed E-state index contributed by atoms with van der Waals surface area (Å²) in [5, 5.41) is 0. The number of anilines is 2. The Morgan fingerprint density at radius 1 is 1.10 bits per heavy atom. The fraction of sp³-hybridized carbons (Fsp3) is 0.500. The van der Waals surface area contributed by atoms with Gasteiger partial charge in [0, 0.05) is 18.8 Å². The van der Waals surface area contributed by atoms with Crippen LogP contribution in [0.2, 0.25) is 0 Å². The topological polar surface area (TPSA) is 95.0 Å². The Kier molecular flexibility index (Phi) is 3.23. The van der Waals surface area contributed by atoms with E-state index < -0.39 is 0 Å². The van der Waals surface area contributed by atoms with E-state index in [0.29, 0.717) is 25.1 Å². The van der Waals surface area contributed by atoms with Crippen LogP contribution in [0.4, 0.5) is 11.9 Å². The quantitative estimate of drug-likeness (QED) is 0.830. The lowest BCUT2D eigenvalue weighted by molar-refractivity contribution is 0.122. The molecule has 0 radical (unpaired) electrons. The van der Waals surface area contributed by atoms with Crippen LogP contribution >= 0.6 is 0 Å². The van der Waals surface area contributed by atoms with Crippen LogP contribution in [0.1, 0.15) is 11.4 Å². The van der Waals surface area contributed by atoms with Gasteiger partial charge in [0.1, 0.15) is 6.33 Å². The zero-order valence-electron chi connectivity index (χ0n) is 11.6. The van der Waals surface area contributed by atoms with E-state index in [1.165, 1.54) is 0 Å². The molecular weight excluding hydrogens is 258 g/mol. The van der Waals surface area contributed by atoms with Crippen molar-refractivity contribution in [1.82, 2.24) is 24.5 Å². The number of aryl methyl sites for hydroxylation is 1. The molecule has 0 spiro atoms. The van der Waals surface area contributed by atoms with Crippen LogP contribution < -0.4 is 10.6 Å². The lowest BCUT2D eigenvalue weighted by Crippen LogP contribution is -2.37. The van der Waals surface area contributed by atoms with Crippen molar-refractivity contribution < 1.29 is 4.74 Å². The first-order valence-corrected chi connectivity index (χ1v) is 6.50. The molecule has 3 heterocycles. The maximum absolute atomic E-state index is 5.81. The Bertz CT molecular complexity index is 618. The van der Waals surface area contributed by atoms with Gasteiger partial charge in [-0.05, 0) is 13.8 Å². The average molecular weight is 275 g/mol. The second-order valence-corrected chi connectivity index (χ2v) is 4.68. The molecule has 0 atom stereocenters. The highest BCUT2D eigenvalue weighted by molar-refractivity contribution is 5.39. The van der Waals surface area contributed by atoms with Crippen LogP contribution in [0.5, 0.6) is 0 Å². The SMILES string of the molecule is Cc1ncn(-c2nc(N)nc(N3CCOCC3)n2)c1C. The Labute approximate surface area is 116 Å². The highest BCUT2D eigenvalue weighted by Crippen LogP contribution is 2.15. The Hall–Kier alpha value is -2.22. The van der Waals surface area contributed by atoms with Crippen LogP contribution in [0.15, 0.2) is 6.33 Å². The number of ether oxygens (including phenoxy) is 1. The van der Waals surface area contributed by atoms with Gasteiger partial charge in [-0.25, -0.2) is 4.98 Å². The minimum absolute atomic E-state index is 0.210. The molecule has 2 N–H and O–H groups in total. The smallest absolute Gasteiger partial charge is 0.241 e. The van der Waals surface area contributed by atoms with Crippen molar-refractivity contribution in [2.75, 3.05) is 36.9 Å². The molecule has 8 nitrogen and oxygen atoms in total. The van der Waals surface area contributed by atoms with E-state index in [-0.39, 0.29) is 5.95 Å². The summed E-state index contributed by atoms with van der Waals surface area (Å²) in [4.78, 5) is 19.2. The molecule has 0 saturated carbocycles. The number of nitrogens with two attached hydrogens (primary N) is 1. The summed E-state index contributed by atoms with van der Waals surface area (Å²) in [7, 11) is 0. The lowest BCUT2D eigenvalue weighted by Gasteiger charge is -2.26. The summed E-state index contributed by atoms with van der Waals surface area (Å²) in [5.41, 5.74) is 7.74. The van der Waals surface area contributed by atoms with Gasteiger partial charge in [-0.15, -0.1) is 0 Å². The molecule has 1 fully saturated rings. The largest absolute Gasteiger partial charge is 0.378 e. The van der Waals surface area contributed by atoms with Crippen molar-refractivity contribution in [2.45, 2.75) is 13.8 Å². The summed E-state index contributed by atoms with van der Waals surface area (Å²) >= 11 is 0. The molecule has 3 rings (SSSR count). The first-order chi connectivity index (χ1) is 9.65. The predicted molar refractivity (Wildman–Crippen MR) is 73.9 cm³/mol. The first-order valence-electron chi connectivity index (χ1n) is 6.50. The Balaban J connectivity index is 2.00. The number of morpholine rings is 1. The maximum atomic E-state index is 5.81. The molecule has 8 heteroatoms. The van der Waals surface area contributed by atoms with E-state index in [1.807, 2.05) is 23.3 Å². The van der Waals surface area contributed by atoms with Crippen LogP contribution in [0, 0.1) is 13.8 Å². The molecule has 1 saturated heterocycles. The summed E-state index contributed by atoms with van der Waals surface area (Å²) in [6.45, 7) is 6.76. The molecule has 0 unspecified atom stereocenters. The average Bonchev–Trinajstić information content (AvgIpc) is 2.79. The summed E-state index contributed by atoms with van der Waals surface area (Å²) in [6, 6.07) is 0. The first kappa shape index (κ1) is 12.8. The molecule has 106 valence electrons. The number of imidazole rings is 1. The van der Waals surface area contributed by atoms with Crippen molar-refractivity contribution in [2.24, 2.45) is 0 Å². The second kappa shape index (κ2) is 5.04. The molecule has 1 aliphatic heterocycles. The standard InChI is InChI=1S/C12H17N7O/c1-8-9(2)19(7-14-8)12-16-10(13)15-11(17-12)18-3-5-20-6-4-18/h7H,3-6H2,1-2H3,(H2,13,15,16,17). The van der Waals surface area contributed by atoms with E-state index >= 15 is 0 Å². The normalized spacial score (nSPS) is 15.6. The van der Waals surface area contributed by atoms with Crippen molar-refractivity contribution in [3.8, 4) is 5.95 Å². The van der Waals surface area contributed by atoms with Gasteiger partial charge in [0.25, 0.3) is 0 Å². The van der Waals surface area contributed by atoms with E-state index in [0.717, 1.165) is 24.5 Å². The van der Waals surface area contributed by atoms with Crippen LogP contribution in [-0.4, -0.2) is 50.8 Å². The monoisotopic (exact) mass is 275 g/mol. The fourth-order valence-corrected chi connectivity index (χ4v) is 2.08. The number of rotatable bonds is 2. The van der Waals surface area contributed by atoms with Crippen molar-refractivity contribution in [1.29, 1.82) is 0 Å². The predicted octanol–water partition coefficient (Wildman–Crippen LogP) is 0.0929. The van der Waals surface area contributed by atoms with Crippen LogP contribution in [-0.2, 0) is 4.74 Å². The highest BCUT2D eigenvalue weighted by Gasteiger charge is 2.17. The molecule has 1 aliphatic rings. The molecule has 0 aromatic carbocycles. The second-order valence-electron chi connectivity index (χ2n) is 4.68. The molecule has 0 amide bonds. The minimum atomic E-state index is 0.210. The maximum Gasteiger partial charge on any atom is 0.241 e. The molecule has 2 aromatic rings. The zero-order valence-corrected chi connectivity index (χ0v) is 11.6. The molecule has 2 aromatic heterocycles. The van der Waals surface area contributed by atoms with E-state index in [4.69, 9.17) is 10.5 Å². The van der Waals surface area contributed by atoms with E-state index in [9.17, 15) is 0 Å². The van der Waals surface area contributed by atoms with Gasteiger partial charge < -0.3 is 15.4 Å². The van der Waals surface area contributed by atoms with Crippen molar-refractivity contribution in [3.05, 3.63) is 17.7 Å². The number of nitrogens with zero attached hydrogens (tertiary/aromatic N) is 6. The molecular formula is C12H17N7O. The number of aromatic nitrogens is 5. The Morgan fingerprint density at radius 2 is 1.80 bits per heavy atom. The molecule has 20 heavy (non-hydrogen) atoms. The third-order valence-electron chi connectivity index (χ3n) is 3.39. The van der Waals surface area contributed by atoms with Gasteiger partial charge in [-0.3, -0.25) is 4.57 Å². The van der Waals surface area contributed by atoms with Gasteiger partial charge in [-0.2, -0.15) is 15.0 Å². The van der Waals surface area contributed by atoms with Gasteiger partial charge in [0.15, 0.2) is 0 Å². The number of hydrogen-bond donors (Lipinski definition) is 1. The Morgan fingerprint density at radius 3 is 2.45 bits per heavy atom. The third-order valence-corrected chi connectivity index (χ3v) is 3.39. The van der Waals surface area contributed by atoms with Crippen molar-refractivity contribution >= 4 is 11.9 Å². The van der Waals surface area contributed by atoms with Gasteiger partial charge in [-0.1, -0.05) is 0 Å². The summed E-state index contributed by atoms with van der Waals surface area (Å²) in [6.07, 6.45) is 1.70. The minimum Gasteiger partial charge on any atom is -0.378 e. The van der Waals surface area contributed by atoms with Crippen LogP contribution in [0.25, 0.3) is 5.95 Å². The molecule has 0 bridgehead atoms. The summed E-state index contributed by atoms with van der Waals surface area (Å²) in [5.74, 6) is 1.29. The van der Waals surface area contributed by atoms with E-state index in [1.54, 1.807) is 6.33 Å². The summed E-state index contributed by atoms with van der Waals surface area (Å²) < 4.78 is 7.15. The van der Waals surface area contributed by atoms with Gasteiger partial charge >= 0.3 is 0 Å². The number of nitrogen functional groups attached to an aromatic ring is 1. The fourth-order valence-electron chi connectivity index (χ4n) is 2.08.